The zero-order valence-corrected chi connectivity index (χ0v) is 12.2. The molecule has 110 valence electrons. The minimum Gasteiger partial charge on any atom is -0.334 e. The lowest BCUT2D eigenvalue weighted by Crippen LogP contribution is -1.89. The third-order valence-electron chi connectivity index (χ3n) is 3.10. The van der Waals surface area contributed by atoms with E-state index in [9.17, 15) is 10.1 Å². The van der Waals surface area contributed by atoms with Gasteiger partial charge in [0.1, 0.15) is 0 Å². The highest BCUT2D eigenvalue weighted by Crippen LogP contribution is 2.31. The van der Waals surface area contributed by atoms with Crippen molar-refractivity contribution in [2.24, 2.45) is 0 Å². The van der Waals surface area contributed by atoms with Crippen LogP contribution >= 0.6 is 11.6 Å². The fourth-order valence-corrected chi connectivity index (χ4v) is 2.28. The molecule has 3 aromatic rings. The Bertz CT molecular complexity index is 861. The Morgan fingerprint density at radius 1 is 1.23 bits per heavy atom. The van der Waals surface area contributed by atoms with E-state index in [0.29, 0.717) is 11.4 Å². The number of nitro groups is 1. The lowest BCUT2D eigenvalue weighted by molar-refractivity contribution is -0.384. The van der Waals surface area contributed by atoms with Crippen LogP contribution in [0.5, 0.6) is 0 Å². The van der Waals surface area contributed by atoms with Crippen molar-refractivity contribution >= 4 is 17.3 Å². The monoisotopic (exact) mass is 315 g/mol. The minimum absolute atomic E-state index is 0.0906. The number of hydrogen-bond acceptors (Lipinski definition) is 5. The van der Waals surface area contributed by atoms with Crippen LogP contribution in [0.2, 0.25) is 5.02 Å². The van der Waals surface area contributed by atoms with Gasteiger partial charge in [0.2, 0.25) is 5.82 Å². The van der Waals surface area contributed by atoms with E-state index in [1.807, 2.05) is 31.2 Å². The van der Waals surface area contributed by atoms with Crippen LogP contribution in [-0.2, 0) is 0 Å². The van der Waals surface area contributed by atoms with Crippen molar-refractivity contribution < 1.29 is 9.45 Å². The molecule has 0 fully saturated rings. The van der Waals surface area contributed by atoms with Gasteiger partial charge in [-0.25, -0.2) is 0 Å². The maximum Gasteiger partial charge on any atom is 0.270 e. The summed E-state index contributed by atoms with van der Waals surface area (Å²) in [5.41, 5.74) is 2.27. The van der Waals surface area contributed by atoms with Crippen molar-refractivity contribution in [3.63, 3.8) is 0 Å². The largest absolute Gasteiger partial charge is 0.334 e. The lowest BCUT2D eigenvalue weighted by atomic mass is 10.1. The number of hydrogen-bond donors (Lipinski definition) is 0. The number of benzene rings is 2. The summed E-state index contributed by atoms with van der Waals surface area (Å²) in [5, 5.41) is 14.8. The molecule has 2 aromatic carbocycles. The van der Waals surface area contributed by atoms with Gasteiger partial charge in [-0.05, 0) is 19.1 Å². The zero-order valence-electron chi connectivity index (χ0n) is 11.5. The molecule has 0 aliphatic carbocycles. The van der Waals surface area contributed by atoms with Gasteiger partial charge in [0, 0.05) is 17.7 Å². The van der Waals surface area contributed by atoms with E-state index >= 15 is 0 Å². The van der Waals surface area contributed by atoms with Gasteiger partial charge in [-0.1, -0.05) is 40.5 Å². The fourth-order valence-electron chi connectivity index (χ4n) is 2.03. The maximum absolute atomic E-state index is 10.7. The normalized spacial score (nSPS) is 10.6. The van der Waals surface area contributed by atoms with Crippen molar-refractivity contribution in [2.75, 3.05) is 0 Å². The van der Waals surface area contributed by atoms with Crippen LogP contribution < -0.4 is 0 Å². The highest BCUT2D eigenvalue weighted by atomic mass is 35.5. The maximum atomic E-state index is 10.7. The number of aromatic nitrogens is 2. The van der Waals surface area contributed by atoms with Crippen LogP contribution in [0.3, 0.4) is 0 Å². The van der Waals surface area contributed by atoms with Gasteiger partial charge < -0.3 is 4.52 Å². The molecule has 0 unspecified atom stereocenters. The average Bonchev–Trinajstić information content (AvgIpc) is 2.96. The smallest absolute Gasteiger partial charge is 0.270 e. The predicted molar refractivity (Wildman–Crippen MR) is 81.6 cm³/mol. The molecule has 0 spiro atoms. The Hall–Kier alpha value is -2.73. The van der Waals surface area contributed by atoms with E-state index in [4.69, 9.17) is 16.1 Å². The quantitative estimate of drug-likeness (QED) is 0.532. The molecule has 6 nitrogen and oxygen atoms in total. The molecule has 0 atom stereocenters. The fraction of sp³-hybridized carbons (Fsp3) is 0.0667. The van der Waals surface area contributed by atoms with Crippen LogP contribution in [0.15, 0.2) is 47.0 Å². The molecule has 0 radical (unpaired) electrons. The third kappa shape index (κ3) is 2.68. The molecule has 0 amide bonds. The Labute approximate surface area is 130 Å². The number of aryl methyl sites for hydroxylation is 1. The summed E-state index contributed by atoms with van der Waals surface area (Å²) in [6.07, 6.45) is 0. The Morgan fingerprint density at radius 3 is 2.73 bits per heavy atom. The van der Waals surface area contributed by atoms with Crippen molar-refractivity contribution in [1.82, 2.24) is 10.1 Å². The Balaban J connectivity index is 1.99. The van der Waals surface area contributed by atoms with Crippen LogP contribution in [0.25, 0.3) is 22.8 Å². The van der Waals surface area contributed by atoms with Crippen LogP contribution in [0, 0.1) is 17.0 Å². The van der Waals surface area contributed by atoms with Crippen LogP contribution in [-0.4, -0.2) is 15.1 Å². The first-order valence-electron chi connectivity index (χ1n) is 6.39. The molecule has 0 bridgehead atoms. The second kappa shape index (κ2) is 5.57. The second-order valence-corrected chi connectivity index (χ2v) is 5.12. The minimum atomic E-state index is -0.512. The standard InChI is InChI=1S/C15H10ClN3O3/c1-9-3-2-4-10(7-9)14-17-15(22-18-14)12-6-5-11(19(20)21)8-13(12)16/h2-8H,1H3. The van der Waals surface area contributed by atoms with E-state index in [2.05, 4.69) is 10.1 Å². The number of rotatable bonds is 3. The van der Waals surface area contributed by atoms with Gasteiger partial charge in [0.25, 0.3) is 11.6 Å². The molecular formula is C15H10ClN3O3. The van der Waals surface area contributed by atoms with Gasteiger partial charge >= 0.3 is 0 Å². The molecular weight excluding hydrogens is 306 g/mol. The van der Waals surface area contributed by atoms with Crippen LogP contribution in [0.1, 0.15) is 5.56 Å². The highest BCUT2D eigenvalue weighted by Gasteiger charge is 2.16. The molecule has 0 saturated carbocycles. The molecule has 1 aromatic heterocycles. The predicted octanol–water partition coefficient (Wildman–Crippen LogP) is 4.27. The third-order valence-corrected chi connectivity index (χ3v) is 3.41. The summed E-state index contributed by atoms with van der Waals surface area (Å²) >= 11 is 6.06. The summed E-state index contributed by atoms with van der Waals surface area (Å²) in [5.74, 6) is 0.657. The average molecular weight is 316 g/mol. The van der Waals surface area contributed by atoms with Gasteiger partial charge in [0.05, 0.1) is 15.5 Å². The van der Waals surface area contributed by atoms with E-state index in [1.165, 1.54) is 18.2 Å². The highest BCUT2D eigenvalue weighted by molar-refractivity contribution is 6.33. The lowest BCUT2D eigenvalue weighted by Gasteiger charge is -1.98. The molecule has 0 N–H and O–H groups in total. The van der Waals surface area contributed by atoms with Gasteiger partial charge in [-0.15, -0.1) is 0 Å². The number of nitrogens with zero attached hydrogens (tertiary/aromatic N) is 3. The van der Waals surface area contributed by atoms with Gasteiger partial charge in [0.15, 0.2) is 0 Å². The first-order chi connectivity index (χ1) is 10.5. The number of non-ortho nitro benzene ring substituents is 1. The summed E-state index contributed by atoms with van der Waals surface area (Å²) in [4.78, 5) is 14.5. The van der Waals surface area contributed by atoms with E-state index in [1.54, 1.807) is 0 Å². The van der Waals surface area contributed by atoms with Gasteiger partial charge in [-0.2, -0.15) is 4.98 Å². The van der Waals surface area contributed by atoms with Crippen molar-refractivity contribution in [3.05, 3.63) is 63.2 Å². The first-order valence-corrected chi connectivity index (χ1v) is 6.77. The topological polar surface area (TPSA) is 82.1 Å². The van der Waals surface area contributed by atoms with Crippen molar-refractivity contribution in [2.45, 2.75) is 6.92 Å². The van der Waals surface area contributed by atoms with E-state index in [-0.39, 0.29) is 16.6 Å². The molecule has 0 aliphatic rings. The number of halogens is 1. The zero-order chi connectivity index (χ0) is 15.7. The van der Waals surface area contributed by atoms with E-state index < -0.39 is 4.92 Å². The molecule has 7 heteroatoms. The molecule has 1 heterocycles. The van der Waals surface area contributed by atoms with Crippen LogP contribution in [0.4, 0.5) is 5.69 Å². The van der Waals surface area contributed by atoms with Crippen molar-refractivity contribution in [3.8, 4) is 22.8 Å². The first kappa shape index (κ1) is 14.2. The summed E-state index contributed by atoms with van der Waals surface area (Å²) in [6.45, 7) is 1.97. The van der Waals surface area contributed by atoms with E-state index in [0.717, 1.165) is 11.1 Å². The summed E-state index contributed by atoms with van der Waals surface area (Å²) < 4.78 is 5.21. The molecule has 0 aliphatic heterocycles. The molecule has 3 rings (SSSR count). The van der Waals surface area contributed by atoms with Gasteiger partial charge in [-0.3, -0.25) is 10.1 Å². The molecule has 0 saturated heterocycles. The Morgan fingerprint density at radius 2 is 2.05 bits per heavy atom. The second-order valence-electron chi connectivity index (χ2n) is 4.71. The summed E-state index contributed by atoms with van der Waals surface area (Å²) in [6, 6.07) is 11.8. The Kier molecular flexibility index (Phi) is 3.60. The number of nitro benzene ring substituents is 1. The summed E-state index contributed by atoms with van der Waals surface area (Å²) in [7, 11) is 0. The van der Waals surface area contributed by atoms with Crippen molar-refractivity contribution in [1.29, 1.82) is 0 Å². The molecule has 22 heavy (non-hydrogen) atoms. The SMILES string of the molecule is Cc1cccc(-c2noc(-c3ccc([N+](=O)[O-])cc3Cl)n2)c1.